The van der Waals surface area contributed by atoms with Gasteiger partial charge >= 0.3 is 0 Å². The summed E-state index contributed by atoms with van der Waals surface area (Å²) < 4.78 is 0. The Morgan fingerprint density at radius 1 is 0.567 bits per heavy atom. The fourth-order valence-corrected chi connectivity index (χ4v) is 3.49. The Labute approximate surface area is 168 Å². The third-order valence-electron chi connectivity index (χ3n) is 4.82. The van der Waals surface area contributed by atoms with E-state index in [9.17, 15) is 21.0 Å². The number of benzene rings is 2. The highest BCUT2D eigenvalue weighted by Crippen LogP contribution is 2.34. The molecule has 0 saturated carbocycles. The number of pyridine rings is 2. The van der Waals surface area contributed by atoms with E-state index >= 15 is 0 Å². The summed E-state index contributed by atoms with van der Waals surface area (Å²) in [6.45, 7) is 0. The molecule has 0 N–H and O–H groups in total. The standard InChI is InChI=1S/C22H6N8/c23-7-12-6-14-19-13(5-11-3-1-2-4-15(11)27-19)21-22(20(14)28-16(12)8-24)30-18(10-26)17(9-25)29-21/h1-6H. The monoisotopic (exact) mass is 382 g/mol. The summed E-state index contributed by atoms with van der Waals surface area (Å²) in [4.78, 5) is 17.8. The minimum atomic E-state index is -0.135. The van der Waals surface area contributed by atoms with Gasteiger partial charge in [0.25, 0.3) is 0 Å². The number of para-hydroxylation sites is 1. The van der Waals surface area contributed by atoms with Crippen molar-refractivity contribution < 1.29 is 0 Å². The summed E-state index contributed by atoms with van der Waals surface area (Å²) in [5.41, 5.74) is 1.99. The Kier molecular flexibility index (Phi) is 3.49. The van der Waals surface area contributed by atoms with Gasteiger partial charge in [0.05, 0.1) is 16.6 Å². The van der Waals surface area contributed by atoms with Gasteiger partial charge in [-0.15, -0.1) is 0 Å². The number of hydrogen-bond acceptors (Lipinski definition) is 8. The molecule has 3 heterocycles. The van der Waals surface area contributed by atoms with Gasteiger partial charge in [-0.1, -0.05) is 18.2 Å². The minimum absolute atomic E-state index is 0.0592. The van der Waals surface area contributed by atoms with Crippen molar-refractivity contribution in [1.82, 2.24) is 19.9 Å². The van der Waals surface area contributed by atoms with E-state index in [4.69, 9.17) is 4.98 Å². The zero-order chi connectivity index (χ0) is 20.8. The first-order valence-corrected chi connectivity index (χ1v) is 8.67. The van der Waals surface area contributed by atoms with E-state index in [-0.39, 0.29) is 28.2 Å². The molecule has 0 radical (unpaired) electrons. The zero-order valence-corrected chi connectivity index (χ0v) is 15.0. The summed E-state index contributed by atoms with van der Waals surface area (Å²) >= 11 is 0. The van der Waals surface area contributed by atoms with Gasteiger partial charge in [0.15, 0.2) is 17.1 Å². The molecule has 30 heavy (non-hydrogen) atoms. The fourth-order valence-electron chi connectivity index (χ4n) is 3.49. The van der Waals surface area contributed by atoms with E-state index in [1.165, 1.54) is 0 Å². The molecule has 3 aromatic heterocycles. The van der Waals surface area contributed by atoms with Crippen LogP contribution in [0.3, 0.4) is 0 Å². The van der Waals surface area contributed by atoms with E-state index in [0.717, 1.165) is 10.9 Å². The zero-order valence-electron chi connectivity index (χ0n) is 15.0. The lowest BCUT2D eigenvalue weighted by atomic mass is 10.0. The normalized spacial score (nSPS) is 10.5. The van der Waals surface area contributed by atoms with E-state index in [1.807, 2.05) is 54.6 Å². The highest BCUT2D eigenvalue weighted by Gasteiger charge is 2.19. The van der Waals surface area contributed by atoms with Crippen LogP contribution >= 0.6 is 0 Å². The van der Waals surface area contributed by atoms with Crippen molar-refractivity contribution in [2.24, 2.45) is 0 Å². The number of nitriles is 4. The van der Waals surface area contributed by atoms with Crippen molar-refractivity contribution in [2.75, 3.05) is 0 Å². The lowest BCUT2D eigenvalue weighted by Crippen LogP contribution is -2.01. The molecule has 8 heteroatoms. The molecule has 0 aliphatic rings. The fraction of sp³-hybridized carbons (Fsp3) is 0. The molecule has 0 saturated heterocycles. The average Bonchev–Trinajstić information content (AvgIpc) is 2.81. The minimum Gasteiger partial charge on any atom is -0.247 e. The molecule has 0 aliphatic heterocycles. The molecular weight excluding hydrogens is 376 g/mol. The Hall–Kier alpha value is -5.18. The lowest BCUT2D eigenvalue weighted by Gasteiger charge is -2.10. The van der Waals surface area contributed by atoms with Crippen molar-refractivity contribution in [3.63, 3.8) is 0 Å². The first kappa shape index (κ1) is 17.0. The lowest BCUT2D eigenvalue weighted by molar-refractivity contribution is 1.20. The molecule has 134 valence electrons. The highest BCUT2D eigenvalue weighted by molar-refractivity contribution is 6.22. The van der Waals surface area contributed by atoms with Crippen LogP contribution in [0.1, 0.15) is 22.6 Å². The Bertz CT molecular complexity index is 1610. The summed E-state index contributed by atoms with van der Waals surface area (Å²) in [6, 6.07) is 18.6. The molecular formula is C22H6N8. The molecule has 5 aromatic rings. The first-order valence-electron chi connectivity index (χ1n) is 8.67. The Balaban J connectivity index is 2.15. The highest BCUT2D eigenvalue weighted by atomic mass is 14.9. The van der Waals surface area contributed by atoms with E-state index in [1.54, 1.807) is 6.07 Å². The second-order valence-corrected chi connectivity index (χ2v) is 6.42. The number of aromatic nitrogens is 4. The number of nitrogens with zero attached hydrogens (tertiary/aromatic N) is 8. The average molecular weight is 382 g/mol. The van der Waals surface area contributed by atoms with Crippen LogP contribution in [-0.2, 0) is 0 Å². The summed E-state index contributed by atoms with van der Waals surface area (Å²) in [7, 11) is 0. The van der Waals surface area contributed by atoms with Crippen LogP contribution in [0, 0.1) is 45.3 Å². The molecule has 0 spiro atoms. The van der Waals surface area contributed by atoms with E-state index < -0.39 is 0 Å². The number of rotatable bonds is 0. The molecule has 5 rings (SSSR count). The SMILES string of the molecule is N#Cc1cc2c3nc4ccccc4cc3c3nc(C#N)c(C#N)nc3c2nc1C#N. The maximum absolute atomic E-state index is 9.45. The van der Waals surface area contributed by atoms with Crippen molar-refractivity contribution in [3.05, 3.63) is 59.0 Å². The van der Waals surface area contributed by atoms with Gasteiger partial charge in [-0.3, -0.25) is 0 Å². The maximum atomic E-state index is 9.45. The summed E-state index contributed by atoms with van der Waals surface area (Å²) in [5, 5.41) is 39.6. The second-order valence-electron chi connectivity index (χ2n) is 6.42. The van der Waals surface area contributed by atoms with Gasteiger partial charge in [-0.05, 0) is 18.2 Å². The van der Waals surface area contributed by atoms with Gasteiger partial charge in [-0.25, -0.2) is 19.9 Å². The third kappa shape index (κ3) is 2.23. The van der Waals surface area contributed by atoms with E-state index in [2.05, 4.69) is 15.0 Å². The molecule has 8 nitrogen and oxygen atoms in total. The second kappa shape index (κ2) is 6.17. The van der Waals surface area contributed by atoms with Crippen molar-refractivity contribution in [3.8, 4) is 24.3 Å². The van der Waals surface area contributed by atoms with Crippen LogP contribution in [0.25, 0.3) is 43.7 Å². The molecule has 0 fully saturated rings. The van der Waals surface area contributed by atoms with Gasteiger partial charge in [0, 0.05) is 16.2 Å². The molecule has 0 amide bonds. The van der Waals surface area contributed by atoms with Crippen molar-refractivity contribution in [2.45, 2.75) is 0 Å². The van der Waals surface area contributed by atoms with Gasteiger partial charge in [-0.2, -0.15) is 21.0 Å². The van der Waals surface area contributed by atoms with Crippen LogP contribution in [0.4, 0.5) is 0 Å². The third-order valence-corrected chi connectivity index (χ3v) is 4.82. The quantitative estimate of drug-likeness (QED) is 0.292. The van der Waals surface area contributed by atoms with E-state index in [0.29, 0.717) is 27.3 Å². The molecule has 0 unspecified atom stereocenters. The molecule has 0 aliphatic carbocycles. The van der Waals surface area contributed by atoms with Crippen LogP contribution in [0.2, 0.25) is 0 Å². The smallest absolute Gasteiger partial charge is 0.177 e. The van der Waals surface area contributed by atoms with Crippen LogP contribution in [-0.4, -0.2) is 19.9 Å². The number of hydrogen-bond donors (Lipinski definition) is 0. The van der Waals surface area contributed by atoms with Crippen molar-refractivity contribution in [1.29, 1.82) is 21.0 Å². The van der Waals surface area contributed by atoms with Crippen molar-refractivity contribution >= 4 is 43.7 Å². The van der Waals surface area contributed by atoms with Gasteiger partial charge < -0.3 is 0 Å². The summed E-state index contributed by atoms with van der Waals surface area (Å²) in [6.07, 6.45) is 0. The van der Waals surface area contributed by atoms with Crippen LogP contribution < -0.4 is 0 Å². The predicted molar refractivity (Wildman–Crippen MR) is 107 cm³/mol. The topological polar surface area (TPSA) is 147 Å². The first-order chi connectivity index (χ1) is 14.7. The Morgan fingerprint density at radius 3 is 1.83 bits per heavy atom. The summed E-state index contributed by atoms with van der Waals surface area (Å²) in [5.74, 6) is 0. The number of fused-ring (bicyclic) bond motifs is 7. The molecule has 0 bridgehead atoms. The van der Waals surface area contributed by atoms with Crippen LogP contribution in [0.5, 0.6) is 0 Å². The van der Waals surface area contributed by atoms with Crippen LogP contribution in [0.15, 0.2) is 36.4 Å². The molecule has 2 aromatic carbocycles. The molecule has 0 atom stereocenters. The largest absolute Gasteiger partial charge is 0.247 e. The van der Waals surface area contributed by atoms with Gasteiger partial charge in [0.1, 0.15) is 40.8 Å². The Morgan fingerprint density at radius 2 is 1.17 bits per heavy atom. The van der Waals surface area contributed by atoms with Gasteiger partial charge in [0.2, 0.25) is 0 Å². The predicted octanol–water partition coefficient (Wildman–Crippen LogP) is 3.37. The maximum Gasteiger partial charge on any atom is 0.177 e.